The zero-order valence-electron chi connectivity index (χ0n) is 23.7. The summed E-state index contributed by atoms with van der Waals surface area (Å²) in [5, 5.41) is 2.44. The quantitative estimate of drug-likeness (QED) is 0.215. The number of alkyl halides is 3. The molecule has 4 rings (SSSR count). The van der Waals surface area contributed by atoms with E-state index in [1.807, 2.05) is 30.5 Å². The first-order chi connectivity index (χ1) is 17.5. The van der Waals surface area contributed by atoms with E-state index in [0.29, 0.717) is 5.56 Å². The maximum atomic E-state index is 13.5. The van der Waals surface area contributed by atoms with Crippen molar-refractivity contribution in [1.82, 2.24) is 4.98 Å². The van der Waals surface area contributed by atoms with Crippen molar-refractivity contribution in [3.63, 3.8) is 0 Å². The average Bonchev–Trinajstić information content (AvgIpc) is 2.81. The molecule has 1 nitrogen and oxygen atoms in total. The molecule has 0 amide bonds. The van der Waals surface area contributed by atoms with Gasteiger partial charge in [0.1, 0.15) is 0 Å². The van der Waals surface area contributed by atoms with Crippen molar-refractivity contribution < 1.29 is 13.2 Å². The van der Waals surface area contributed by atoms with E-state index in [-0.39, 0.29) is 11.8 Å². The van der Waals surface area contributed by atoms with Gasteiger partial charge in [0.15, 0.2) is 0 Å². The summed E-state index contributed by atoms with van der Waals surface area (Å²) in [7, 11) is 0. The van der Waals surface area contributed by atoms with Crippen LogP contribution >= 0.6 is 0 Å². The van der Waals surface area contributed by atoms with Crippen LogP contribution in [0.3, 0.4) is 0 Å². The molecule has 0 bridgehead atoms. The van der Waals surface area contributed by atoms with Gasteiger partial charge in [0.2, 0.25) is 0 Å². The van der Waals surface area contributed by atoms with E-state index < -0.39 is 24.9 Å². The number of fused-ring (bicyclic) bond motifs is 1. The normalized spacial score (nSPS) is 13.2. The molecule has 1 heterocycles. The molecule has 38 heavy (non-hydrogen) atoms. The van der Waals surface area contributed by atoms with Gasteiger partial charge in [0.05, 0.1) is 0 Å². The third kappa shape index (κ3) is 5.85. The molecule has 0 radical (unpaired) electrons. The average molecular weight is 578 g/mol. The van der Waals surface area contributed by atoms with Crippen LogP contribution in [0, 0.1) is 5.41 Å². The number of benzene rings is 3. The Morgan fingerprint density at radius 1 is 0.763 bits per heavy atom. The predicted octanol–water partition coefficient (Wildman–Crippen LogP) is 9.54. The summed E-state index contributed by atoms with van der Waals surface area (Å²) in [5.74, 6) is 7.02. The number of aromatic nitrogens is 1. The molecule has 200 valence electrons. The van der Waals surface area contributed by atoms with Crippen LogP contribution in [0.25, 0.3) is 33.2 Å². The van der Waals surface area contributed by atoms with E-state index in [4.69, 9.17) is 4.98 Å². The molecule has 0 aliphatic heterocycles. The Bertz CT molecular complexity index is 1450. The summed E-state index contributed by atoms with van der Waals surface area (Å²) in [6.45, 7) is 9.22. The molecule has 0 fully saturated rings. The first-order valence-corrected chi connectivity index (χ1v) is 20.5. The Kier molecular flexibility index (Phi) is 7.37. The Hall–Kier alpha value is -2.60. The van der Waals surface area contributed by atoms with Gasteiger partial charge in [0.25, 0.3) is 0 Å². The van der Waals surface area contributed by atoms with Crippen molar-refractivity contribution in [3.05, 3.63) is 84.1 Å². The molecular formula is C33H38F3GeN. The predicted molar refractivity (Wildman–Crippen MR) is 158 cm³/mol. The van der Waals surface area contributed by atoms with E-state index in [1.165, 1.54) is 34.6 Å². The van der Waals surface area contributed by atoms with Gasteiger partial charge in [-0.25, -0.2) is 0 Å². The summed E-state index contributed by atoms with van der Waals surface area (Å²) in [4.78, 5) is 4.95. The second kappa shape index (κ2) is 9.86. The van der Waals surface area contributed by atoms with Gasteiger partial charge in [-0.3, -0.25) is 0 Å². The molecule has 0 N–H and O–H groups in total. The minimum absolute atomic E-state index is 0.0286. The molecule has 0 spiro atoms. The van der Waals surface area contributed by atoms with E-state index in [1.54, 1.807) is 0 Å². The summed E-state index contributed by atoms with van der Waals surface area (Å²) in [6.07, 6.45) is -2.25. The van der Waals surface area contributed by atoms with Gasteiger partial charge in [-0.2, -0.15) is 0 Å². The fraction of sp³-hybridized carbons (Fsp3) is 0.364. The minimum atomic E-state index is -4.25. The Morgan fingerprint density at radius 2 is 1.39 bits per heavy atom. The molecule has 1 aromatic heterocycles. The Balaban J connectivity index is 1.83. The third-order valence-corrected chi connectivity index (χ3v) is 11.6. The summed E-state index contributed by atoms with van der Waals surface area (Å²) in [6, 6.07) is 22.7. The van der Waals surface area contributed by atoms with Crippen LogP contribution in [0.2, 0.25) is 17.3 Å². The SMILES string of the molecule is CC(C)(C)c1cc(-c2cc(-c3ccc(CC(C)(C)C(F)(F)F)cc3)[c]([Ge]([CH3])([CH3])[CH3])cn2)cc2ccccc12. The van der Waals surface area contributed by atoms with E-state index in [0.717, 1.165) is 22.4 Å². The number of rotatable bonds is 5. The summed E-state index contributed by atoms with van der Waals surface area (Å²) in [5.41, 5.74) is 4.31. The number of nitrogens with zero attached hydrogens (tertiary/aromatic N) is 1. The molecule has 0 saturated carbocycles. The molecule has 3 aromatic carbocycles. The van der Waals surface area contributed by atoms with Crippen LogP contribution in [0.5, 0.6) is 0 Å². The van der Waals surface area contributed by atoms with Crippen LogP contribution < -0.4 is 4.40 Å². The van der Waals surface area contributed by atoms with Crippen LogP contribution in [-0.4, -0.2) is 24.4 Å². The number of halogens is 3. The molecule has 4 aromatic rings. The van der Waals surface area contributed by atoms with Gasteiger partial charge < -0.3 is 0 Å². The van der Waals surface area contributed by atoms with E-state index >= 15 is 0 Å². The molecule has 0 aliphatic carbocycles. The van der Waals surface area contributed by atoms with Crippen LogP contribution in [0.1, 0.15) is 45.7 Å². The standard InChI is InChI=1S/C33H38F3GeN/c1-31(2,3)28-18-25(17-24-11-9-10-12-26(24)28)30-19-27(29(21-38-30)37(6,7)8)23-15-13-22(14-16-23)20-32(4,5)33(34,35)36/h9-19,21H,20H2,1-8H3. The number of pyridine rings is 1. The first kappa shape index (κ1) is 28.4. The van der Waals surface area contributed by atoms with Crippen LogP contribution in [0.15, 0.2) is 72.9 Å². The second-order valence-corrected chi connectivity index (χ2v) is 23.7. The van der Waals surface area contributed by atoms with Crippen LogP contribution in [0.4, 0.5) is 13.2 Å². The Labute approximate surface area is 227 Å². The fourth-order valence-electron chi connectivity index (χ4n) is 4.94. The van der Waals surface area contributed by atoms with Gasteiger partial charge in [0, 0.05) is 0 Å². The van der Waals surface area contributed by atoms with Crippen molar-refractivity contribution >= 4 is 28.4 Å². The number of hydrogen-bond acceptors (Lipinski definition) is 1. The topological polar surface area (TPSA) is 12.9 Å². The third-order valence-electron chi connectivity index (χ3n) is 7.36. The molecule has 5 heteroatoms. The Morgan fingerprint density at radius 3 is 1.97 bits per heavy atom. The molecule has 0 atom stereocenters. The zero-order chi connectivity index (χ0) is 28.1. The van der Waals surface area contributed by atoms with Crippen molar-refractivity contribution in [2.45, 2.75) is 69.9 Å². The molecule has 0 aliphatic rings. The summed E-state index contributed by atoms with van der Waals surface area (Å²) >= 11 is -2.32. The summed E-state index contributed by atoms with van der Waals surface area (Å²) < 4.78 is 41.6. The molecular weight excluding hydrogens is 540 g/mol. The van der Waals surface area contributed by atoms with E-state index in [2.05, 4.69) is 80.5 Å². The van der Waals surface area contributed by atoms with Gasteiger partial charge >= 0.3 is 228 Å². The second-order valence-electron chi connectivity index (χ2n) is 13.1. The van der Waals surface area contributed by atoms with Gasteiger partial charge in [-0.05, 0) is 0 Å². The zero-order valence-corrected chi connectivity index (χ0v) is 25.8. The van der Waals surface area contributed by atoms with E-state index in [9.17, 15) is 13.2 Å². The number of hydrogen-bond donors (Lipinski definition) is 0. The maximum absolute atomic E-state index is 13.5. The van der Waals surface area contributed by atoms with Crippen molar-refractivity contribution in [2.75, 3.05) is 0 Å². The van der Waals surface area contributed by atoms with Gasteiger partial charge in [-0.1, -0.05) is 0 Å². The van der Waals surface area contributed by atoms with Crippen molar-refractivity contribution in [3.8, 4) is 22.4 Å². The van der Waals surface area contributed by atoms with Gasteiger partial charge in [-0.15, -0.1) is 0 Å². The molecule has 0 unspecified atom stereocenters. The monoisotopic (exact) mass is 579 g/mol. The van der Waals surface area contributed by atoms with Crippen molar-refractivity contribution in [2.24, 2.45) is 5.41 Å². The van der Waals surface area contributed by atoms with Crippen LogP contribution in [-0.2, 0) is 11.8 Å². The fourth-order valence-corrected chi connectivity index (χ4v) is 8.04. The molecule has 0 saturated heterocycles. The van der Waals surface area contributed by atoms with Crippen molar-refractivity contribution in [1.29, 1.82) is 0 Å². The first-order valence-electron chi connectivity index (χ1n) is 13.2.